The summed E-state index contributed by atoms with van der Waals surface area (Å²) in [6.07, 6.45) is 1.41. The van der Waals surface area contributed by atoms with Gasteiger partial charge in [-0.2, -0.15) is 0 Å². The number of hydrogen-bond acceptors (Lipinski definition) is 2. The number of nitrogens with one attached hydrogen (secondary N) is 1. The minimum atomic E-state index is 0.313. The molecule has 0 aromatic heterocycles. The summed E-state index contributed by atoms with van der Waals surface area (Å²) in [5.74, 6) is 0. The summed E-state index contributed by atoms with van der Waals surface area (Å²) in [5, 5.41) is 3.54. The third-order valence-corrected chi connectivity index (χ3v) is 3.40. The summed E-state index contributed by atoms with van der Waals surface area (Å²) in [7, 11) is 0. The van der Waals surface area contributed by atoms with E-state index in [4.69, 9.17) is 4.74 Å². The van der Waals surface area contributed by atoms with Crippen LogP contribution in [0.3, 0.4) is 0 Å². The SMILES string of the molecule is Cc1cc(Br)ccc1NC1CCOC1C. The molecule has 0 aliphatic carbocycles. The van der Waals surface area contributed by atoms with E-state index in [1.54, 1.807) is 0 Å². The van der Waals surface area contributed by atoms with E-state index >= 15 is 0 Å². The summed E-state index contributed by atoms with van der Waals surface area (Å²) in [6, 6.07) is 6.76. The van der Waals surface area contributed by atoms with Crippen LogP contribution in [0.25, 0.3) is 0 Å². The zero-order valence-corrected chi connectivity index (χ0v) is 10.7. The molecule has 1 aromatic rings. The maximum atomic E-state index is 5.53. The van der Waals surface area contributed by atoms with Crippen molar-refractivity contribution in [1.29, 1.82) is 0 Å². The lowest BCUT2D eigenvalue weighted by molar-refractivity contribution is 0.121. The third kappa shape index (κ3) is 2.52. The van der Waals surface area contributed by atoms with Gasteiger partial charge < -0.3 is 10.1 Å². The molecule has 1 heterocycles. The Morgan fingerprint density at radius 1 is 1.47 bits per heavy atom. The van der Waals surface area contributed by atoms with Gasteiger partial charge in [0, 0.05) is 16.8 Å². The van der Waals surface area contributed by atoms with Crippen LogP contribution in [-0.4, -0.2) is 18.8 Å². The van der Waals surface area contributed by atoms with Crippen LogP contribution in [0.15, 0.2) is 22.7 Å². The second-order valence-corrected chi connectivity index (χ2v) is 4.99. The molecular formula is C12H16BrNO. The lowest BCUT2D eigenvalue weighted by atomic mass is 10.1. The smallest absolute Gasteiger partial charge is 0.0748 e. The maximum Gasteiger partial charge on any atom is 0.0748 e. The van der Waals surface area contributed by atoms with Crippen molar-refractivity contribution in [2.75, 3.05) is 11.9 Å². The van der Waals surface area contributed by atoms with Gasteiger partial charge in [-0.3, -0.25) is 0 Å². The standard InChI is InChI=1S/C12H16BrNO/c1-8-7-10(13)3-4-11(8)14-12-5-6-15-9(12)2/h3-4,7,9,12,14H,5-6H2,1-2H3. The molecule has 0 saturated carbocycles. The van der Waals surface area contributed by atoms with Gasteiger partial charge in [-0.05, 0) is 44.0 Å². The lowest BCUT2D eigenvalue weighted by Gasteiger charge is -2.19. The van der Waals surface area contributed by atoms with Gasteiger partial charge in [0.2, 0.25) is 0 Å². The Kier molecular flexibility index (Phi) is 3.32. The molecule has 82 valence electrons. The molecule has 1 fully saturated rings. The van der Waals surface area contributed by atoms with E-state index in [0.717, 1.165) is 17.5 Å². The van der Waals surface area contributed by atoms with Gasteiger partial charge in [-0.1, -0.05) is 15.9 Å². The van der Waals surface area contributed by atoms with Crippen LogP contribution in [-0.2, 0) is 4.74 Å². The number of hydrogen-bond donors (Lipinski definition) is 1. The van der Waals surface area contributed by atoms with Gasteiger partial charge in [0.05, 0.1) is 12.1 Å². The molecule has 0 amide bonds. The summed E-state index contributed by atoms with van der Waals surface area (Å²) in [6.45, 7) is 5.11. The van der Waals surface area contributed by atoms with E-state index < -0.39 is 0 Å². The van der Waals surface area contributed by atoms with Gasteiger partial charge in [-0.25, -0.2) is 0 Å². The van der Waals surface area contributed by atoms with Crippen LogP contribution in [0, 0.1) is 6.92 Å². The van der Waals surface area contributed by atoms with Crippen molar-refractivity contribution in [1.82, 2.24) is 0 Å². The number of ether oxygens (including phenoxy) is 1. The van der Waals surface area contributed by atoms with E-state index in [-0.39, 0.29) is 0 Å². The molecule has 15 heavy (non-hydrogen) atoms. The van der Waals surface area contributed by atoms with E-state index in [0.29, 0.717) is 12.1 Å². The predicted molar refractivity (Wildman–Crippen MR) is 66.3 cm³/mol. The minimum absolute atomic E-state index is 0.313. The Labute approximate surface area is 99.1 Å². The number of halogens is 1. The molecule has 2 atom stereocenters. The van der Waals surface area contributed by atoms with Gasteiger partial charge in [0.25, 0.3) is 0 Å². The van der Waals surface area contributed by atoms with Gasteiger partial charge in [0.15, 0.2) is 0 Å². The average Bonchev–Trinajstić information content (AvgIpc) is 2.57. The second-order valence-electron chi connectivity index (χ2n) is 4.07. The van der Waals surface area contributed by atoms with Crippen LogP contribution in [0.2, 0.25) is 0 Å². The van der Waals surface area contributed by atoms with Gasteiger partial charge in [0.1, 0.15) is 0 Å². The maximum absolute atomic E-state index is 5.53. The fourth-order valence-corrected chi connectivity index (χ4v) is 2.39. The highest BCUT2D eigenvalue weighted by atomic mass is 79.9. The van der Waals surface area contributed by atoms with E-state index in [1.807, 2.05) is 0 Å². The lowest BCUT2D eigenvalue weighted by Crippen LogP contribution is -2.26. The Bertz CT molecular complexity index is 353. The first kappa shape index (κ1) is 11.0. The summed E-state index contributed by atoms with van der Waals surface area (Å²) >= 11 is 3.47. The largest absolute Gasteiger partial charge is 0.379 e. The summed E-state index contributed by atoms with van der Waals surface area (Å²) < 4.78 is 6.66. The Morgan fingerprint density at radius 3 is 2.87 bits per heavy atom. The zero-order chi connectivity index (χ0) is 10.8. The molecule has 0 bridgehead atoms. The highest BCUT2D eigenvalue weighted by Gasteiger charge is 2.24. The molecule has 1 saturated heterocycles. The average molecular weight is 270 g/mol. The highest BCUT2D eigenvalue weighted by Crippen LogP contribution is 2.24. The molecule has 1 aliphatic rings. The molecule has 2 rings (SSSR count). The first-order valence-electron chi connectivity index (χ1n) is 5.31. The van der Waals surface area contributed by atoms with Crippen LogP contribution in [0.1, 0.15) is 18.9 Å². The molecule has 0 radical (unpaired) electrons. The van der Waals surface area contributed by atoms with Crippen LogP contribution in [0.4, 0.5) is 5.69 Å². The fraction of sp³-hybridized carbons (Fsp3) is 0.500. The highest BCUT2D eigenvalue weighted by molar-refractivity contribution is 9.10. The number of benzene rings is 1. The topological polar surface area (TPSA) is 21.3 Å². The van der Waals surface area contributed by atoms with Crippen molar-refractivity contribution in [3.05, 3.63) is 28.2 Å². The normalized spacial score (nSPS) is 25.5. The molecule has 2 nitrogen and oxygen atoms in total. The van der Waals surface area contributed by atoms with Gasteiger partial charge in [-0.15, -0.1) is 0 Å². The summed E-state index contributed by atoms with van der Waals surface area (Å²) in [4.78, 5) is 0. The van der Waals surface area contributed by atoms with Crippen LogP contribution < -0.4 is 5.32 Å². The Balaban J connectivity index is 2.10. The molecule has 1 aliphatic heterocycles. The third-order valence-electron chi connectivity index (χ3n) is 2.91. The Morgan fingerprint density at radius 2 is 2.27 bits per heavy atom. The predicted octanol–water partition coefficient (Wildman–Crippen LogP) is 3.35. The molecular weight excluding hydrogens is 254 g/mol. The monoisotopic (exact) mass is 269 g/mol. The van der Waals surface area contributed by atoms with Crippen molar-refractivity contribution >= 4 is 21.6 Å². The quantitative estimate of drug-likeness (QED) is 0.889. The van der Waals surface area contributed by atoms with Crippen molar-refractivity contribution in [3.8, 4) is 0 Å². The van der Waals surface area contributed by atoms with Crippen molar-refractivity contribution in [3.63, 3.8) is 0 Å². The zero-order valence-electron chi connectivity index (χ0n) is 9.09. The van der Waals surface area contributed by atoms with Crippen molar-refractivity contribution < 1.29 is 4.74 Å². The second kappa shape index (κ2) is 4.54. The Hall–Kier alpha value is -0.540. The molecule has 2 unspecified atom stereocenters. The number of rotatable bonds is 2. The first-order chi connectivity index (χ1) is 7.16. The van der Waals surface area contributed by atoms with E-state index in [2.05, 4.69) is 53.3 Å². The van der Waals surface area contributed by atoms with Crippen LogP contribution >= 0.6 is 15.9 Å². The number of anilines is 1. The minimum Gasteiger partial charge on any atom is -0.379 e. The van der Waals surface area contributed by atoms with E-state index in [1.165, 1.54) is 11.3 Å². The van der Waals surface area contributed by atoms with Gasteiger partial charge >= 0.3 is 0 Å². The number of aryl methyl sites for hydroxylation is 1. The van der Waals surface area contributed by atoms with E-state index in [9.17, 15) is 0 Å². The molecule has 0 spiro atoms. The summed E-state index contributed by atoms with van der Waals surface area (Å²) in [5.41, 5.74) is 2.48. The van der Waals surface area contributed by atoms with Crippen LogP contribution in [0.5, 0.6) is 0 Å². The molecule has 3 heteroatoms. The fourth-order valence-electron chi connectivity index (χ4n) is 1.91. The van der Waals surface area contributed by atoms with Crippen molar-refractivity contribution in [2.24, 2.45) is 0 Å². The molecule has 1 N–H and O–H groups in total. The van der Waals surface area contributed by atoms with Crippen molar-refractivity contribution in [2.45, 2.75) is 32.4 Å². The molecule has 1 aromatic carbocycles. The first-order valence-corrected chi connectivity index (χ1v) is 6.10.